The SMILES string of the molecule is C=C(CCc1ccccc1)C(O)C1=CCCCC1. The second-order valence-electron chi connectivity index (χ2n) is 5.07. The van der Waals surface area contributed by atoms with E-state index in [1.807, 2.05) is 6.07 Å². The van der Waals surface area contributed by atoms with Gasteiger partial charge in [-0.15, -0.1) is 0 Å². The van der Waals surface area contributed by atoms with Crippen LogP contribution in [0.3, 0.4) is 0 Å². The average molecular weight is 242 g/mol. The first-order valence-electron chi connectivity index (χ1n) is 6.86. The highest BCUT2D eigenvalue weighted by Gasteiger charge is 2.15. The lowest BCUT2D eigenvalue weighted by atomic mass is 9.90. The molecule has 1 aliphatic rings. The number of rotatable bonds is 5. The van der Waals surface area contributed by atoms with Crippen molar-refractivity contribution in [2.75, 3.05) is 0 Å². The highest BCUT2D eigenvalue weighted by molar-refractivity contribution is 5.24. The van der Waals surface area contributed by atoms with Gasteiger partial charge in [-0.3, -0.25) is 0 Å². The monoisotopic (exact) mass is 242 g/mol. The molecule has 0 aliphatic heterocycles. The number of hydrogen-bond donors (Lipinski definition) is 1. The van der Waals surface area contributed by atoms with E-state index in [1.165, 1.54) is 24.0 Å². The van der Waals surface area contributed by atoms with Crippen LogP contribution in [0, 0.1) is 0 Å². The number of aryl methyl sites for hydroxylation is 1. The molecule has 1 nitrogen and oxygen atoms in total. The number of hydrogen-bond acceptors (Lipinski definition) is 1. The molecule has 0 saturated carbocycles. The van der Waals surface area contributed by atoms with Gasteiger partial charge in [-0.1, -0.05) is 43.0 Å². The van der Waals surface area contributed by atoms with Gasteiger partial charge in [0.15, 0.2) is 0 Å². The van der Waals surface area contributed by atoms with Gasteiger partial charge in [0.25, 0.3) is 0 Å². The van der Waals surface area contributed by atoms with Gasteiger partial charge in [-0.05, 0) is 55.2 Å². The molecule has 0 radical (unpaired) electrons. The summed E-state index contributed by atoms with van der Waals surface area (Å²) in [6.45, 7) is 4.05. The molecule has 0 bridgehead atoms. The normalized spacial score (nSPS) is 17.1. The zero-order valence-corrected chi connectivity index (χ0v) is 10.9. The first-order chi connectivity index (χ1) is 8.77. The van der Waals surface area contributed by atoms with Crippen molar-refractivity contribution in [3.8, 4) is 0 Å². The van der Waals surface area contributed by atoms with Gasteiger partial charge >= 0.3 is 0 Å². The molecule has 0 amide bonds. The van der Waals surface area contributed by atoms with Crippen LogP contribution in [0.5, 0.6) is 0 Å². The van der Waals surface area contributed by atoms with E-state index in [2.05, 4.69) is 36.9 Å². The van der Waals surface area contributed by atoms with Crippen LogP contribution in [-0.2, 0) is 6.42 Å². The summed E-state index contributed by atoms with van der Waals surface area (Å²) in [5, 5.41) is 10.3. The molecule has 1 aliphatic carbocycles. The predicted octanol–water partition coefficient (Wildman–Crippen LogP) is 4.04. The van der Waals surface area contributed by atoms with E-state index >= 15 is 0 Å². The molecule has 1 atom stereocenters. The highest BCUT2D eigenvalue weighted by Crippen LogP contribution is 2.25. The van der Waals surface area contributed by atoms with Crippen LogP contribution in [0.25, 0.3) is 0 Å². The summed E-state index contributed by atoms with van der Waals surface area (Å²) in [6, 6.07) is 10.4. The van der Waals surface area contributed by atoms with Crippen molar-refractivity contribution in [2.45, 2.75) is 44.6 Å². The molecule has 18 heavy (non-hydrogen) atoms. The zero-order chi connectivity index (χ0) is 12.8. The van der Waals surface area contributed by atoms with E-state index in [0.29, 0.717) is 0 Å². The molecule has 0 spiro atoms. The molecular formula is C17H22O. The quantitative estimate of drug-likeness (QED) is 0.773. The van der Waals surface area contributed by atoms with Crippen LogP contribution in [0.15, 0.2) is 54.1 Å². The lowest BCUT2D eigenvalue weighted by molar-refractivity contribution is 0.235. The van der Waals surface area contributed by atoms with Crippen molar-refractivity contribution < 1.29 is 5.11 Å². The Morgan fingerprint density at radius 2 is 2.00 bits per heavy atom. The van der Waals surface area contributed by atoms with Gasteiger partial charge in [0.2, 0.25) is 0 Å². The minimum atomic E-state index is -0.422. The maximum absolute atomic E-state index is 10.3. The van der Waals surface area contributed by atoms with Crippen molar-refractivity contribution in [3.63, 3.8) is 0 Å². The van der Waals surface area contributed by atoms with Crippen molar-refractivity contribution in [3.05, 3.63) is 59.7 Å². The molecule has 1 aromatic carbocycles. The molecule has 0 saturated heterocycles. The summed E-state index contributed by atoms with van der Waals surface area (Å²) in [5.41, 5.74) is 3.44. The number of benzene rings is 1. The Kier molecular flexibility index (Phi) is 4.77. The molecule has 1 aromatic rings. The summed E-state index contributed by atoms with van der Waals surface area (Å²) in [6.07, 6.45) is 8.20. The molecule has 96 valence electrons. The Bertz CT molecular complexity index is 416. The standard InChI is InChI=1S/C17H22O/c1-14(12-13-15-8-4-2-5-9-15)17(18)16-10-6-3-7-11-16/h2,4-5,8-10,17-18H,1,3,6-7,11-13H2. The first-order valence-corrected chi connectivity index (χ1v) is 6.86. The second kappa shape index (κ2) is 6.55. The van der Waals surface area contributed by atoms with Crippen molar-refractivity contribution in [1.82, 2.24) is 0 Å². The molecule has 0 aromatic heterocycles. The summed E-state index contributed by atoms with van der Waals surface area (Å²) >= 11 is 0. The molecule has 2 rings (SSSR count). The molecular weight excluding hydrogens is 220 g/mol. The van der Waals surface area contributed by atoms with E-state index in [4.69, 9.17) is 0 Å². The number of allylic oxidation sites excluding steroid dienone is 1. The largest absolute Gasteiger partial charge is 0.384 e. The lowest BCUT2D eigenvalue weighted by Gasteiger charge is -2.20. The maximum Gasteiger partial charge on any atom is 0.0958 e. The third-order valence-electron chi connectivity index (χ3n) is 3.64. The van der Waals surface area contributed by atoms with Crippen LogP contribution < -0.4 is 0 Å². The van der Waals surface area contributed by atoms with Crippen LogP contribution in [0.2, 0.25) is 0 Å². The van der Waals surface area contributed by atoms with E-state index < -0.39 is 6.10 Å². The van der Waals surface area contributed by atoms with Gasteiger partial charge in [-0.25, -0.2) is 0 Å². The maximum atomic E-state index is 10.3. The smallest absolute Gasteiger partial charge is 0.0958 e. The molecule has 1 heteroatoms. The lowest BCUT2D eigenvalue weighted by Crippen LogP contribution is -2.15. The van der Waals surface area contributed by atoms with Crippen LogP contribution in [0.1, 0.15) is 37.7 Å². The third kappa shape index (κ3) is 3.58. The van der Waals surface area contributed by atoms with Gasteiger partial charge < -0.3 is 5.11 Å². The van der Waals surface area contributed by atoms with Crippen LogP contribution in [-0.4, -0.2) is 11.2 Å². The molecule has 1 N–H and O–H groups in total. The van der Waals surface area contributed by atoms with Crippen molar-refractivity contribution >= 4 is 0 Å². The van der Waals surface area contributed by atoms with Crippen LogP contribution in [0.4, 0.5) is 0 Å². The van der Waals surface area contributed by atoms with Gasteiger partial charge in [0, 0.05) is 0 Å². The first kappa shape index (κ1) is 13.1. The summed E-state index contributed by atoms with van der Waals surface area (Å²) in [4.78, 5) is 0. The fraction of sp³-hybridized carbons (Fsp3) is 0.412. The fourth-order valence-corrected chi connectivity index (χ4v) is 2.46. The number of aliphatic hydroxyl groups excluding tert-OH is 1. The Labute approximate surface area is 110 Å². The summed E-state index contributed by atoms with van der Waals surface area (Å²) in [5.74, 6) is 0. The second-order valence-corrected chi connectivity index (χ2v) is 5.07. The van der Waals surface area contributed by atoms with Crippen molar-refractivity contribution in [2.24, 2.45) is 0 Å². The molecule has 0 heterocycles. The minimum Gasteiger partial charge on any atom is -0.384 e. The third-order valence-corrected chi connectivity index (χ3v) is 3.64. The zero-order valence-electron chi connectivity index (χ0n) is 10.9. The Morgan fingerprint density at radius 1 is 1.22 bits per heavy atom. The number of aliphatic hydroxyl groups is 1. The van der Waals surface area contributed by atoms with E-state index in [-0.39, 0.29) is 0 Å². The Balaban J connectivity index is 1.86. The van der Waals surface area contributed by atoms with Gasteiger partial charge in [0.1, 0.15) is 0 Å². The summed E-state index contributed by atoms with van der Waals surface area (Å²) in [7, 11) is 0. The molecule has 1 unspecified atom stereocenters. The highest BCUT2D eigenvalue weighted by atomic mass is 16.3. The molecule has 0 fully saturated rings. The fourth-order valence-electron chi connectivity index (χ4n) is 2.46. The van der Waals surface area contributed by atoms with Crippen LogP contribution >= 0.6 is 0 Å². The minimum absolute atomic E-state index is 0.422. The van der Waals surface area contributed by atoms with E-state index in [9.17, 15) is 5.11 Å². The van der Waals surface area contributed by atoms with Gasteiger partial charge in [0.05, 0.1) is 6.10 Å². The Hall–Kier alpha value is -1.34. The van der Waals surface area contributed by atoms with E-state index in [0.717, 1.165) is 31.3 Å². The average Bonchev–Trinajstić information content (AvgIpc) is 2.46. The summed E-state index contributed by atoms with van der Waals surface area (Å²) < 4.78 is 0. The van der Waals surface area contributed by atoms with Crippen molar-refractivity contribution in [1.29, 1.82) is 0 Å². The Morgan fingerprint density at radius 3 is 2.67 bits per heavy atom. The predicted molar refractivity (Wildman–Crippen MR) is 76.5 cm³/mol. The van der Waals surface area contributed by atoms with E-state index in [1.54, 1.807) is 0 Å². The van der Waals surface area contributed by atoms with Gasteiger partial charge in [-0.2, -0.15) is 0 Å². The topological polar surface area (TPSA) is 20.2 Å².